The summed E-state index contributed by atoms with van der Waals surface area (Å²) in [7, 11) is 1.47. The third-order valence-corrected chi connectivity index (χ3v) is 4.71. The summed E-state index contributed by atoms with van der Waals surface area (Å²) in [4.78, 5) is 50.5. The lowest BCUT2D eigenvalue weighted by molar-refractivity contribution is -0.140. The average molecular weight is 370 g/mol. The molecule has 27 heavy (non-hydrogen) atoms. The first-order valence-corrected chi connectivity index (χ1v) is 8.37. The first-order chi connectivity index (χ1) is 12.8. The number of amides is 5. The minimum atomic E-state index is -1.09. The summed E-state index contributed by atoms with van der Waals surface area (Å²) in [6.45, 7) is 0.977. The summed E-state index contributed by atoms with van der Waals surface area (Å²) < 4.78 is 5.02. The Kier molecular flexibility index (Phi) is 4.57. The summed E-state index contributed by atoms with van der Waals surface area (Å²) in [6, 6.07) is 7.17. The van der Waals surface area contributed by atoms with Crippen molar-refractivity contribution in [3.63, 3.8) is 0 Å². The van der Waals surface area contributed by atoms with Crippen molar-refractivity contribution < 1.29 is 23.9 Å². The van der Waals surface area contributed by atoms with Crippen LogP contribution in [0.3, 0.4) is 0 Å². The highest BCUT2D eigenvalue weighted by molar-refractivity contribution is 6.53. The van der Waals surface area contributed by atoms with Crippen molar-refractivity contribution in [2.45, 2.75) is 25.3 Å². The Morgan fingerprint density at radius 3 is 2.41 bits per heavy atom. The van der Waals surface area contributed by atoms with Gasteiger partial charge in [0, 0.05) is 0 Å². The molecule has 1 aliphatic heterocycles. The zero-order valence-electron chi connectivity index (χ0n) is 14.9. The van der Waals surface area contributed by atoms with E-state index in [9.17, 15) is 24.4 Å². The molecule has 1 atom stereocenters. The summed E-state index contributed by atoms with van der Waals surface area (Å²) in [6.07, 6.45) is 1.66. The molecule has 2 fully saturated rings. The normalized spacial score (nSPS) is 18.9. The summed E-state index contributed by atoms with van der Waals surface area (Å²) in [5, 5.41) is 11.9. The van der Waals surface area contributed by atoms with E-state index in [2.05, 4.69) is 11.4 Å². The van der Waals surface area contributed by atoms with Crippen molar-refractivity contribution in [3.8, 4) is 11.8 Å². The first kappa shape index (κ1) is 18.4. The quantitative estimate of drug-likeness (QED) is 0.584. The Morgan fingerprint density at radius 2 is 1.89 bits per heavy atom. The number of benzene rings is 1. The van der Waals surface area contributed by atoms with Crippen molar-refractivity contribution in [2.75, 3.05) is 18.6 Å². The third-order valence-electron chi connectivity index (χ3n) is 4.71. The van der Waals surface area contributed by atoms with E-state index in [4.69, 9.17) is 4.74 Å². The summed E-state index contributed by atoms with van der Waals surface area (Å²) in [5.41, 5.74) is -0.857. The van der Waals surface area contributed by atoms with Crippen LogP contribution in [-0.2, 0) is 14.4 Å². The highest BCUT2D eigenvalue weighted by atomic mass is 16.5. The Labute approximate surface area is 155 Å². The van der Waals surface area contributed by atoms with Gasteiger partial charge in [0.1, 0.15) is 17.8 Å². The maximum atomic E-state index is 12.5. The van der Waals surface area contributed by atoms with Gasteiger partial charge < -0.3 is 10.1 Å². The molecule has 0 spiro atoms. The van der Waals surface area contributed by atoms with Gasteiger partial charge in [-0.2, -0.15) is 5.26 Å². The zero-order chi connectivity index (χ0) is 19.8. The molecule has 5 amide bonds. The van der Waals surface area contributed by atoms with E-state index < -0.39 is 35.8 Å². The van der Waals surface area contributed by atoms with Gasteiger partial charge in [0.05, 0.1) is 18.9 Å². The lowest BCUT2D eigenvalue weighted by Gasteiger charge is -2.24. The highest BCUT2D eigenvalue weighted by Crippen LogP contribution is 2.39. The second-order valence-corrected chi connectivity index (χ2v) is 6.65. The minimum Gasteiger partial charge on any atom is -0.497 e. The van der Waals surface area contributed by atoms with E-state index in [0.29, 0.717) is 15.5 Å². The molecule has 0 radical (unpaired) electrons. The SMILES string of the molecule is COc1ccc(N2C(=O)C(=O)N(CC(=O)N[C@@](C)(C#N)C3CC3)C2=O)cc1. The molecule has 0 bridgehead atoms. The van der Waals surface area contributed by atoms with Crippen LogP contribution in [0.4, 0.5) is 10.5 Å². The number of ether oxygens (including phenoxy) is 1. The Hall–Kier alpha value is -3.41. The number of methoxy groups -OCH3 is 1. The maximum Gasteiger partial charge on any atom is 0.339 e. The van der Waals surface area contributed by atoms with Crippen LogP contribution in [-0.4, -0.2) is 47.8 Å². The lowest BCUT2D eigenvalue weighted by Crippen LogP contribution is -2.51. The van der Waals surface area contributed by atoms with Crippen LogP contribution in [0.15, 0.2) is 24.3 Å². The van der Waals surface area contributed by atoms with Gasteiger partial charge in [-0.3, -0.25) is 14.4 Å². The van der Waals surface area contributed by atoms with Gasteiger partial charge in [-0.05, 0) is 49.9 Å². The van der Waals surface area contributed by atoms with Gasteiger partial charge >= 0.3 is 17.8 Å². The number of carbonyl (C=O) groups is 4. The number of hydrogen-bond donors (Lipinski definition) is 1. The first-order valence-electron chi connectivity index (χ1n) is 8.37. The molecular weight excluding hydrogens is 352 g/mol. The van der Waals surface area contributed by atoms with Crippen LogP contribution in [0.25, 0.3) is 0 Å². The van der Waals surface area contributed by atoms with Crippen LogP contribution in [0, 0.1) is 17.2 Å². The Morgan fingerprint density at radius 1 is 1.26 bits per heavy atom. The summed E-state index contributed by atoms with van der Waals surface area (Å²) >= 11 is 0. The number of nitriles is 1. The van der Waals surface area contributed by atoms with E-state index in [-0.39, 0.29) is 11.6 Å². The van der Waals surface area contributed by atoms with E-state index in [1.165, 1.54) is 19.2 Å². The Bertz CT molecular complexity index is 855. The Balaban J connectivity index is 1.73. The van der Waals surface area contributed by atoms with Crippen LogP contribution < -0.4 is 15.0 Å². The molecular formula is C18H18N4O5. The fraction of sp³-hybridized carbons (Fsp3) is 0.389. The van der Waals surface area contributed by atoms with Crippen LogP contribution in [0.2, 0.25) is 0 Å². The van der Waals surface area contributed by atoms with Crippen LogP contribution in [0.1, 0.15) is 19.8 Å². The number of anilines is 1. The van der Waals surface area contributed by atoms with Crippen molar-refractivity contribution in [1.82, 2.24) is 10.2 Å². The molecule has 0 unspecified atom stereocenters. The van der Waals surface area contributed by atoms with E-state index in [1.54, 1.807) is 19.1 Å². The van der Waals surface area contributed by atoms with E-state index >= 15 is 0 Å². The second-order valence-electron chi connectivity index (χ2n) is 6.65. The largest absolute Gasteiger partial charge is 0.497 e. The fourth-order valence-electron chi connectivity index (χ4n) is 2.96. The molecule has 1 aromatic carbocycles. The standard InChI is InChI=1S/C18H18N4O5/c1-18(10-19,11-3-4-11)20-14(23)9-21-15(24)16(25)22(17(21)26)12-5-7-13(27-2)8-6-12/h5-8,11H,3-4,9H2,1-2H3,(H,20,23)/t18-/m0/s1. The summed E-state index contributed by atoms with van der Waals surface area (Å²) in [5.74, 6) is -2.22. The predicted molar refractivity (Wildman–Crippen MR) is 92.5 cm³/mol. The molecule has 1 heterocycles. The van der Waals surface area contributed by atoms with Gasteiger partial charge in [-0.1, -0.05) is 0 Å². The van der Waals surface area contributed by atoms with Gasteiger partial charge in [-0.15, -0.1) is 0 Å². The predicted octanol–water partition coefficient (Wildman–Crippen LogP) is 0.799. The van der Waals surface area contributed by atoms with Crippen molar-refractivity contribution in [1.29, 1.82) is 5.26 Å². The minimum absolute atomic E-state index is 0.0499. The fourth-order valence-corrected chi connectivity index (χ4v) is 2.96. The van der Waals surface area contributed by atoms with Crippen LogP contribution >= 0.6 is 0 Å². The molecule has 1 N–H and O–H groups in total. The van der Waals surface area contributed by atoms with E-state index in [0.717, 1.165) is 12.8 Å². The van der Waals surface area contributed by atoms with Crippen molar-refractivity contribution in [3.05, 3.63) is 24.3 Å². The molecule has 2 aliphatic rings. The number of hydrogen-bond acceptors (Lipinski definition) is 6. The molecule has 140 valence electrons. The maximum absolute atomic E-state index is 12.5. The second kappa shape index (κ2) is 6.72. The molecule has 1 saturated heterocycles. The van der Waals surface area contributed by atoms with Crippen molar-refractivity contribution >= 4 is 29.4 Å². The number of nitrogens with zero attached hydrogens (tertiary/aromatic N) is 3. The van der Waals surface area contributed by atoms with Crippen molar-refractivity contribution in [2.24, 2.45) is 5.92 Å². The van der Waals surface area contributed by atoms with E-state index in [1.807, 2.05) is 0 Å². The van der Waals surface area contributed by atoms with Gasteiger partial charge in [0.25, 0.3) is 0 Å². The molecule has 3 rings (SSSR count). The molecule has 1 saturated carbocycles. The molecule has 1 aromatic rings. The van der Waals surface area contributed by atoms with Gasteiger partial charge in [0.15, 0.2) is 0 Å². The van der Waals surface area contributed by atoms with Gasteiger partial charge in [0.2, 0.25) is 5.91 Å². The monoisotopic (exact) mass is 370 g/mol. The lowest BCUT2D eigenvalue weighted by atomic mass is 9.98. The number of rotatable bonds is 6. The molecule has 9 nitrogen and oxygen atoms in total. The molecule has 0 aromatic heterocycles. The molecule has 9 heteroatoms. The topological polar surface area (TPSA) is 120 Å². The zero-order valence-corrected chi connectivity index (χ0v) is 14.9. The molecule has 1 aliphatic carbocycles. The average Bonchev–Trinajstić information content (AvgIpc) is 3.49. The highest BCUT2D eigenvalue weighted by Gasteiger charge is 2.48. The number of carbonyl (C=O) groups excluding carboxylic acids is 4. The number of nitrogens with one attached hydrogen (secondary N) is 1. The third kappa shape index (κ3) is 3.33. The smallest absolute Gasteiger partial charge is 0.339 e. The van der Waals surface area contributed by atoms with Gasteiger partial charge in [-0.25, -0.2) is 14.6 Å². The van der Waals surface area contributed by atoms with Crippen LogP contribution in [0.5, 0.6) is 5.75 Å². The number of imide groups is 2. The number of urea groups is 1.